The van der Waals surface area contributed by atoms with Crippen LogP contribution in [0.3, 0.4) is 0 Å². The smallest absolute Gasteiger partial charge is 0.327 e. The van der Waals surface area contributed by atoms with E-state index in [1.165, 1.54) is 4.57 Å². The van der Waals surface area contributed by atoms with Gasteiger partial charge in [-0.15, -0.1) is 0 Å². The van der Waals surface area contributed by atoms with E-state index in [1.807, 2.05) is 12.1 Å². The van der Waals surface area contributed by atoms with Gasteiger partial charge < -0.3 is 4.90 Å². The van der Waals surface area contributed by atoms with E-state index in [0.717, 1.165) is 16.8 Å². The van der Waals surface area contributed by atoms with E-state index in [-0.39, 0.29) is 12.5 Å². The lowest BCUT2D eigenvalue weighted by Crippen LogP contribution is -2.31. The summed E-state index contributed by atoms with van der Waals surface area (Å²) in [6, 6.07) is 14.2. The van der Waals surface area contributed by atoms with Gasteiger partial charge >= 0.3 is 5.69 Å². The van der Waals surface area contributed by atoms with E-state index in [9.17, 15) is 14.4 Å². The fourth-order valence-corrected chi connectivity index (χ4v) is 3.78. The number of carbonyl (C=O) groups is 1. The quantitative estimate of drug-likeness (QED) is 0.565. The number of pyridine rings is 2. The number of carbonyl (C=O) groups excluding carboxylic acids is 1. The summed E-state index contributed by atoms with van der Waals surface area (Å²) in [7, 11) is 0. The number of benzene rings is 1. The summed E-state index contributed by atoms with van der Waals surface area (Å²) in [5.41, 5.74) is 2.60. The molecule has 0 atom stereocenters. The highest BCUT2D eigenvalue weighted by Gasteiger charge is 2.25. The molecule has 1 N–H and O–H groups in total. The van der Waals surface area contributed by atoms with Crippen LogP contribution in [0.15, 0.2) is 70.5 Å². The second kappa shape index (κ2) is 7.07. The van der Waals surface area contributed by atoms with E-state index in [2.05, 4.69) is 15.0 Å². The molecule has 0 fully saturated rings. The Morgan fingerprint density at radius 3 is 2.73 bits per heavy atom. The molecule has 4 heterocycles. The van der Waals surface area contributed by atoms with Crippen LogP contribution >= 0.6 is 0 Å². The Kier molecular flexibility index (Phi) is 4.24. The van der Waals surface area contributed by atoms with Crippen molar-refractivity contribution >= 4 is 16.8 Å². The molecule has 1 amide bonds. The van der Waals surface area contributed by atoms with Crippen LogP contribution in [-0.4, -0.2) is 30.3 Å². The third kappa shape index (κ3) is 3.08. The number of H-pyrrole nitrogens is 1. The van der Waals surface area contributed by atoms with Gasteiger partial charge in [-0.05, 0) is 41.5 Å². The Morgan fingerprint density at radius 2 is 1.87 bits per heavy atom. The number of nitrogens with one attached hydrogen (secondary N) is 1. The second-order valence-electron chi connectivity index (χ2n) is 7.18. The van der Waals surface area contributed by atoms with E-state index >= 15 is 0 Å². The summed E-state index contributed by atoms with van der Waals surface area (Å²) in [5.74, 6) is -0.187. The van der Waals surface area contributed by atoms with Crippen LogP contribution in [0.5, 0.6) is 0 Å². The summed E-state index contributed by atoms with van der Waals surface area (Å²) in [6.07, 6.45) is 3.28. The van der Waals surface area contributed by atoms with Crippen molar-refractivity contribution in [2.45, 2.75) is 19.6 Å². The van der Waals surface area contributed by atoms with Crippen LogP contribution in [0.1, 0.15) is 27.3 Å². The predicted molar refractivity (Wildman–Crippen MR) is 110 cm³/mol. The Labute approximate surface area is 170 Å². The minimum atomic E-state index is -0.496. The molecule has 0 radical (unpaired) electrons. The number of para-hydroxylation sites is 1. The van der Waals surface area contributed by atoms with Gasteiger partial charge in [0.25, 0.3) is 11.5 Å². The molecule has 0 bridgehead atoms. The van der Waals surface area contributed by atoms with Gasteiger partial charge in [-0.2, -0.15) is 0 Å². The number of hydrogen-bond acceptors (Lipinski definition) is 5. The number of nitrogens with zero attached hydrogens (tertiary/aromatic N) is 4. The van der Waals surface area contributed by atoms with Crippen molar-refractivity contribution in [1.82, 2.24) is 24.4 Å². The highest BCUT2D eigenvalue weighted by molar-refractivity contribution is 5.92. The van der Waals surface area contributed by atoms with Gasteiger partial charge in [0.2, 0.25) is 0 Å². The maximum Gasteiger partial charge on any atom is 0.329 e. The normalized spacial score (nSPS) is 12.9. The minimum Gasteiger partial charge on any atom is -0.327 e. The second-order valence-corrected chi connectivity index (χ2v) is 7.18. The zero-order valence-electron chi connectivity index (χ0n) is 15.9. The fraction of sp³-hybridized carbons (Fsp3) is 0.136. The number of aromatic nitrogens is 4. The van der Waals surface area contributed by atoms with E-state index in [0.29, 0.717) is 29.7 Å². The van der Waals surface area contributed by atoms with Gasteiger partial charge in [0, 0.05) is 18.9 Å². The van der Waals surface area contributed by atoms with E-state index in [1.54, 1.807) is 53.7 Å². The molecule has 148 valence electrons. The predicted octanol–water partition coefficient (Wildman–Crippen LogP) is 1.68. The molecular formula is C22H17N5O3. The summed E-state index contributed by atoms with van der Waals surface area (Å²) in [4.78, 5) is 50.0. The topological polar surface area (TPSA) is 101 Å². The molecule has 0 unspecified atom stereocenters. The average molecular weight is 399 g/mol. The lowest BCUT2D eigenvalue weighted by molar-refractivity contribution is 0.0744. The zero-order chi connectivity index (χ0) is 20.7. The summed E-state index contributed by atoms with van der Waals surface area (Å²) >= 11 is 0. The first-order chi connectivity index (χ1) is 14.6. The highest BCUT2D eigenvalue weighted by Crippen LogP contribution is 2.22. The standard InChI is InChI=1S/C22H17N5O3/c28-20-16-5-1-2-6-19(16)27(22(30)25-20)11-14-7-9-24-17(10-14)21(29)26-12-15-4-3-8-23-18(15)13-26/h1-10H,11-13H2,(H,25,28,30). The third-order valence-corrected chi connectivity index (χ3v) is 5.26. The van der Waals surface area contributed by atoms with Crippen LogP contribution in [0.4, 0.5) is 0 Å². The average Bonchev–Trinajstić information content (AvgIpc) is 3.21. The minimum absolute atomic E-state index is 0.187. The van der Waals surface area contributed by atoms with Crippen molar-refractivity contribution in [3.8, 4) is 0 Å². The monoisotopic (exact) mass is 399 g/mol. The number of aromatic amines is 1. The molecule has 8 heteroatoms. The van der Waals surface area contributed by atoms with E-state index in [4.69, 9.17) is 0 Å². The van der Waals surface area contributed by atoms with Crippen LogP contribution in [0.25, 0.3) is 10.9 Å². The maximum atomic E-state index is 13.0. The van der Waals surface area contributed by atoms with E-state index < -0.39 is 11.2 Å². The lowest BCUT2D eigenvalue weighted by Gasteiger charge is -2.15. The summed E-state index contributed by atoms with van der Waals surface area (Å²) in [5, 5.41) is 0.435. The number of hydrogen-bond donors (Lipinski definition) is 1. The fourth-order valence-electron chi connectivity index (χ4n) is 3.78. The van der Waals surface area contributed by atoms with Crippen molar-refractivity contribution in [1.29, 1.82) is 0 Å². The molecule has 3 aromatic heterocycles. The van der Waals surface area contributed by atoms with Gasteiger partial charge in [-0.1, -0.05) is 18.2 Å². The molecule has 4 aromatic rings. The zero-order valence-corrected chi connectivity index (χ0v) is 15.9. The third-order valence-electron chi connectivity index (χ3n) is 5.26. The molecule has 1 aromatic carbocycles. The summed E-state index contributed by atoms with van der Waals surface area (Å²) in [6.45, 7) is 1.16. The van der Waals surface area contributed by atoms with Crippen LogP contribution in [0.2, 0.25) is 0 Å². The SMILES string of the molecule is O=C(c1cc(Cn2c(=O)[nH]c(=O)c3ccccc32)ccn1)N1Cc2cccnc2C1. The Bertz CT molecular complexity index is 1380. The number of amides is 1. The van der Waals surface area contributed by atoms with Crippen molar-refractivity contribution < 1.29 is 4.79 Å². The molecule has 1 aliphatic rings. The Balaban J connectivity index is 1.46. The van der Waals surface area contributed by atoms with Crippen LogP contribution in [0, 0.1) is 0 Å². The molecule has 0 aliphatic carbocycles. The highest BCUT2D eigenvalue weighted by atomic mass is 16.2. The number of rotatable bonds is 3. The number of fused-ring (bicyclic) bond motifs is 2. The van der Waals surface area contributed by atoms with Gasteiger partial charge in [-0.3, -0.25) is 29.1 Å². The van der Waals surface area contributed by atoms with Crippen molar-refractivity contribution in [3.63, 3.8) is 0 Å². The van der Waals surface area contributed by atoms with Gasteiger partial charge in [0.1, 0.15) is 5.69 Å². The molecule has 0 saturated carbocycles. The Morgan fingerprint density at radius 1 is 1.00 bits per heavy atom. The molecule has 0 spiro atoms. The Hall–Kier alpha value is -4.07. The maximum absolute atomic E-state index is 13.0. The first-order valence-corrected chi connectivity index (χ1v) is 9.49. The van der Waals surface area contributed by atoms with Crippen LogP contribution in [-0.2, 0) is 19.6 Å². The van der Waals surface area contributed by atoms with Crippen molar-refractivity contribution in [2.24, 2.45) is 0 Å². The molecule has 30 heavy (non-hydrogen) atoms. The molecule has 5 rings (SSSR count). The molecule has 8 nitrogen and oxygen atoms in total. The largest absolute Gasteiger partial charge is 0.329 e. The molecule has 0 saturated heterocycles. The molecular weight excluding hydrogens is 382 g/mol. The van der Waals surface area contributed by atoms with Gasteiger partial charge in [0.05, 0.1) is 29.7 Å². The lowest BCUT2D eigenvalue weighted by atomic mass is 10.2. The first kappa shape index (κ1) is 18.0. The van der Waals surface area contributed by atoms with Crippen molar-refractivity contribution in [3.05, 3.63) is 104 Å². The molecule has 1 aliphatic heterocycles. The van der Waals surface area contributed by atoms with Crippen molar-refractivity contribution in [2.75, 3.05) is 0 Å². The van der Waals surface area contributed by atoms with Gasteiger partial charge in [-0.25, -0.2) is 4.79 Å². The summed E-state index contributed by atoms with van der Waals surface area (Å²) < 4.78 is 1.48. The first-order valence-electron chi connectivity index (χ1n) is 9.49. The van der Waals surface area contributed by atoms with Crippen LogP contribution < -0.4 is 11.2 Å². The van der Waals surface area contributed by atoms with Gasteiger partial charge in [0.15, 0.2) is 0 Å².